The highest BCUT2D eigenvalue weighted by molar-refractivity contribution is 6.31. The van der Waals surface area contributed by atoms with E-state index in [1.807, 2.05) is 31.2 Å². The minimum Gasteiger partial charge on any atom is -0.382 e. The molecule has 0 aliphatic carbocycles. The van der Waals surface area contributed by atoms with E-state index in [-0.39, 0.29) is 71.6 Å². The number of hydrogen-bond donors (Lipinski definition) is 7. The summed E-state index contributed by atoms with van der Waals surface area (Å²) < 4.78 is 0. The molecule has 2 aromatic rings. The van der Waals surface area contributed by atoms with Crippen molar-refractivity contribution in [2.45, 2.75) is 26.2 Å². The van der Waals surface area contributed by atoms with E-state index < -0.39 is 5.91 Å². The van der Waals surface area contributed by atoms with E-state index in [9.17, 15) is 4.79 Å². The lowest BCUT2D eigenvalue weighted by Crippen LogP contribution is -2.41. The summed E-state index contributed by atoms with van der Waals surface area (Å²) in [6.45, 7) is 3.07. The molecule has 0 fully saturated rings. The predicted octanol–water partition coefficient (Wildman–Crippen LogP) is 1.85. The minimum atomic E-state index is -0.706. The Kier molecular flexibility index (Phi) is 16.3. The molecule has 2 rings (SSSR count). The van der Waals surface area contributed by atoms with Crippen molar-refractivity contribution in [3.8, 4) is 0 Å². The predicted molar refractivity (Wildman–Crippen MR) is 149 cm³/mol. The van der Waals surface area contributed by atoms with Crippen LogP contribution in [0.5, 0.6) is 0 Å². The molecule has 196 valence electrons. The molecule has 1 aromatic heterocycles. The number of carbonyl (C=O) groups is 1. The van der Waals surface area contributed by atoms with E-state index in [1.54, 1.807) is 5.01 Å². The number of nitrogens with zero attached hydrogens (tertiary/aromatic N) is 4. The van der Waals surface area contributed by atoms with E-state index >= 15 is 0 Å². The van der Waals surface area contributed by atoms with Gasteiger partial charge in [0.2, 0.25) is 5.96 Å². The number of anilines is 3. The number of unbranched alkanes of at least 4 members (excludes halogenated alkanes) is 1. The van der Waals surface area contributed by atoms with Crippen molar-refractivity contribution in [2.24, 2.45) is 16.6 Å². The maximum atomic E-state index is 12.2. The van der Waals surface area contributed by atoms with Crippen LogP contribution in [0.1, 0.15) is 35.8 Å². The van der Waals surface area contributed by atoms with Crippen molar-refractivity contribution in [3.63, 3.8) is 0 Å². The third-order valence-corrected chi connectivity index (χ3v) is 4.62. The van der Waals surface area contributed by atoms with E-state index in [0.717, 1.165) is 30.5 Å². The van der Waals surface area contributed by atoms with Gasteiger partial charge in [-0.25, -0.2) is 9.97 Å². The SMILES string of the molecule is CCN(N=C(N)N)c1ccccc1CCCCNC(=N)NC(=O)c1nc(Cl)c(N)nc1N.Cl.Cl.Cl. The summed E-state index contributed by atoms with van der Waals surface area (Å²) in [5, 5.41) is 18.8. The Morgan fingerprint density at radius 2 is 1.77 bits per heavy atom. The number of guanidine groups is 2. The molecule has 0 saturated carbocycles. The number of carbonyl (C=O) groups excluding carboxylic acids is 1. The molecular formula is C19H31Cl4N11O. The van der Waals surface area contributed by atoms with Gasteiger partial charge in [0.15, 0.2) is 28.4 Å². The number of hydrogen-bond acceptors (Lipinski definition) is 8. The Hall–Kier alpha value is -2.93. The number of halogens is 4. The topological polar surface area (TPSA) is 210 Å². The smallest absolute Gasteiger partial charge is 0.280 e. The van der Waals surface area contributed by atoms with Crippen molar-refractivity contribution in [1.29, 1.82) is 5.41 Å². The van der Waals surface area contributed by atoms with Crippen LogP contribution in [0, 0.1) is 5.41 Å². The fraction of sp³-hybridized carbons (Fsp3) is 0.316. The first kappa shape index (κ1) is 34.2. The highest BCUT2D eigenvalue weighted by Gasteiger charge is 2.17. The zero-order valence-corrected chi connectivity index (χ0v) is 22.2. The number of para-hydroxylation sites is 1. The van der Waals surface area contributed by atoms with Crippen LogP contribution >= 0.6 is 48.8 Å². The maximum absolute atomic E-state index is 12.2. The zero-order valence-electron chi connectivity index (χ0n) is 19.0. The molecule has 11 N–H and O–H groups in total. The third-order valence-electron chi connectivity index (χ3n) is 4.34. The Morgan fingerprint density at radius 1 is 1.11 bits per heavy atom. The number of nitrogens with one attached hydrogen (secondary N) is 3. The Morgan fingerprint density at radius 3 is 2.40 bits per heavy atom. The molecule has 0 aliphatic heterocycles. The quantitative estimate of drug-likeness (QED) is 0.101. The van der Waals surface area contributed by atoms with Crippen LogP contribution in [0.4, 0.5) is 17.3 Å². The molecule has 0 aliphatic rings. The molecule has 0 saturated heterocycles. The number of aryl methyl sites for hydroxylation is 1. The van der Waals surface area contributed by atoms with Crippen molar-refractivity contribution in [2.75, 3.05) is 29.6 Å². The highest BCUT2D eigenvalue weighted by atomic mass is 35.5. The van der Waals surface area contributed by atoms with Gasteiger partial charge in [0.1, 0.15) is 0 Å². The number of nitrogen functional groups attached to an aromatic ring is 2. The summed E-state index contributed by atoms with van der Waals surface area (Å²) in [7, 11) is 0. The molecule has 1 amide bonds. The van der Waals surface area contributed by atoms with Gasteiger partial charge < -0.3 is 28.3 Å². The third kappa shape index (κ3) is 10.5. The van der Waals surface area contributed by atoms with Crippen LogP contribution in [-0.2, 0) is 6.42 Å². The highest BCUT2D eigenvalue weighted by Crippen LogP contribution is 2.22. The summed E-state index contributed by atoms with van der Waals surface area (Å²) in [5.41, 5.74) is 24.0. The van der Waals surface area contributed by atoms with Gasteiger partial charge in [-0.05, 0) is 37.8 Å². The van der Waals surface area contributed by atoms with Crippen molar-refractivity contribution in [3.05, 3.63) is 40.7 Å². The van der Waals surface area contributed by atoms with E-state index in [1.165, 1.54) is 0 Å². The average Bonchev–Trinajstić information content (AvgIpc) is 2.74. The summed E-state index contributed by atoms with van der Waals surface area (Å²) in [6, 6.07) is 7.89. The summed E-state index contributed by atoms with van der Waals surface area (Å²) in [6.07, 6.45) is 2.40. The Bertz CT molecular complexity index is 1000. The van der Waals surface area contributed by atoms with Gasteiger partial charge in [-0.2, -0.15) is 0 Å². The number of hydrazone groups is 1. The molecule has 1 heterocycles. The first-order valence-electron chi connectivity index (χ1n) is 9.90. The minimum absolute atomic E-state index is 0. The second-order valence-corrected chi connectivity index (χ2v) is 7.07. The molecule has 0 bridgehead atoms. The average molecular weight is 571 g/mol. The standard InChI is InChI=1S/C19H28ClN11O.3ClH/c1-2-31(30-18(23)24)12-9-4-3-7-11(12)8-5-6-10-26-19(25)29-17(32)13-15(21)28-16(22)14(20)27-13;;;/h3-4,7,9H,2,5-6,8,10H2,1H3,(H4,21,22,28)(H4,23,24,30)(H3,25,26,29,32);3*1H. The zero-order chi connectivity index (χ0) is 23.7. The van der Waals surface area contributed by atoms with Crippen LogP contribution < -0.4 is 38.6 Å². The summed E-state index contributed by atoms with van der Waals surface area (Å²) in [4.78, 5) is 19.8. The van der Waals surface area contributed by atoms with Gasteiger partial charge in [0.05, 0.1) is 5.69 Å². The van der Waals surface area contributed by atoms with Crippen LogP contribution in [0.25, 0.3) is 0 Å². The molecule has 35 heavy (non-hydrogen) atoms. The summed E-state index contributed by atoms with van der Waals surface area (Å²) >= 11 is 5.77. The van der Waals surface area contributed by atoms with Gasteiger partial charge in [-0.3, -0.25) is 20.5 Å². The molecule has 0 atom stereocenters. The van der Waals surface area contributed by atoms with Crippen LogP contribution in [-0.4, -0.2) is 40.9 Å². The van der Waals surface area contributed by atoms with Crippen LogP contribution in [0.15, 0.2) is 29.4 Å². The van der Waals surface area contributed by atoms with Crippen molar-refractivity contribution in [1.82, 2.24) is 20.6 Å². The normalized spacial score (nSPS) is 9.43. The fourth-order valence-corrected chi connectivity index (χ4v) is 3.01. The summed E-state index contributed by atoms with van der Waals surface area (Å²) in [5.74, 6) is -1.13. The van der Waals surface area contributed by atoms with E-state index in [0.29, 0.717) is 13.1 Å². The monoisotopic (exact) mass is 569 g/mol. The lowest BCUT2D eigenvalue weighted by Gasteiger charge is -2.20. The molecule has 0 spiro atoms. The second-order valence-electron chi connectivity index (χ2n) is 6.72. The number of aromatic nitrogens is 2. The van der Waals surface area contributed by atoms with Gasteiger partial charge in [-0.1, -0.05) is 29.8 Å². The van der Waals surface area contributed by atoms with Gasteiger partial charge in [0.25, 0.3) is 5.91 Å². The first-order valence-corrected chi connectivity index (χ1v) is 10.3. The molecule has 12 nitrogen and oxygen atoms in total. The van der Waals surface area contributed by atoms with Gasteiger partial charge in [-0.15, -0.1) is 42.3 Å². The van der Waals surface area contributed by atoms with Crippen molar-refractivity contribution < 1.29 is 4.79 Å². The lowest BCUT2D eigenvalue weighted by molar-refractivity contribution is 0.0971. The number of nitrogens with two attached hydrogens (primary N) is 4. The molecule has 1 aromatic carbocycles. The number of rotatable bonds is 9. The number of benzene rings is 1. The molecule has 16 heteroatoms. The van der Waals surface area contributed by atoms with Gasteiger partial charge in [0, 0.05) is 13.1 Å². The van der Waals surface area contributed by atoms with Crippen LogP contribution in [0.2, 0.25) is 5.15 Å². The van der Waals surface area contributed by atoms with E-state index in [4.69, 9.17) is 39.9 Å². The largest absolute Gasteiger partial charge is 0.382 e. The number of amides is 1. The Labute approximate surface area is 227 Å². The Balaban J connectivity index is 0. The van der Waals surface area contributed by atoms with Crippen molar-refractivity contribution >= 4 is 84.0 Å². The molecule has 0 unspecified atom stereocenters. The van der Waals surface area contributed by atoms with Crippen LogP contribution in [0.3, 0.4) is 0 Å². The first-order chi connectivity index (χ1) is 15.2. The molecular weight excluding hydrogens is 540 g/mol. The lowest BCUT2D eigenvalue weighted by atomic mass is 10.1. The van der Waals surface area contributed by atoms with E-state index in [2.05, 4.69) is 25.7 Å². The fourth-order valence-electron chi connectivity index (χ4n) is 2.89. The second kappa shape index (κ2) is 16.7. The maximum Gasteiger partial charge on any atom is 0.280 e. The van der Waals surface area contributed by atoms with Gasteiger partial charge >= 0.3 is 0 Å². The molecule has 0 radical (unpaired) electrons.